The molecule has 0 radical (unpaired) electrons. The van der Waals surface area contributed by atoms with Crippen molar-refractivity contribution >= 4 is 5.91 Å². The fourth-order valence-corrected chi connectivity index (χ4v) is 3.45. The Kier molecular flexibility index (Phi) is 4.31. The van der Waals surface area contributed by atoms with Gasteiger partial charge in [0.15, 0.2) is 0 Å². The van der Waals surface area contributed by atoms with E-state index in [0.717, 1.165) is 32.5 Å². The van der Waals surface area contributed by atoms with Crippen molar-refractivity contribution < 1.29 is 4.79 Å². The van der Waals surface area contributed by atoms with E-state index in [-0.39, 0.29) is 6.04 Å². The minimum Gasteiger partial charge on any atom is -0.336 e. The first-order valence-corrected chi connectivity index (χ1v) is 7.74. The number of carbonyl (C=O) groups is 1. The number of carbonyl (C=O) groups excluding carboxylic acids is 1. The molecule has 2 aliphatic rings. The van der Waals surface area contributed by atoms with E-state index < -0.39 is 0 Å². The van der Waals surface area contributed by atoms with Gasteiger partial charge in [0.2, 0.25) is 5.91 Å². The molecule has 4 heteroatoms. The number of piperidine rings is 1. The number of nitrogens with one attached hydrogen (secondary N) is 1. The number of likely N-dealkylation sites (tertiary alicyclic amines) is 1. The van der Waals surface area contributed by atoms with Crippen LogP contribution in [0, 0.1) is 5.92 Å². The van der Waals surface area contributed by atoms with E-state index in [4.69, 9.17) is 0 Å². The molecular weight excluding hydrogens is 250 g/mol. The Balaban J connectivity index is 1.64. The minimum absolute atomic E-state index is 0.243. The molecule has 0 bridgehead atoms. The lowest BCUT2D eigenvalue weighted by Gasteiger charge is -2.28. The van der Waals surface area contributed by atoms with Crippen molar-refractivity contribution in [3.63, 3.8) is 0 Å². The van der Waals surface area contributed by atoms with Crippen molar-refractivity contribution in [1.82, 2.24) is 15.2 Å². The van der Waals surface area contributed by atoms with E-state index in [1.54, 1.807) is 6.20 Å². The highest BCUT2D eigenvalue weighted by Gasteiger charge is 2.31. The van der Waals surface area contributed by atoms with Crippen molar-refractivity contribution in [1.29, 1.82) is 0 Å². The molecule has 20 heavy (non-hydrogen) atoms. The summed E-state index contributed by atoms with van der Waals surface area (Å²) in [5, 5.41) is 3.39. The monoisotopic (exact) mass is 273 g/mol. The third-order valence-electron chi connectivity index (χ3n) is 4.50. The molecule has 1 aromatic heterocycles. The summed E-state index contributed by atoms with van der Waals surface area (Å²) in [6, 6.07) is 4.29. The summed E-state index contributed by atoms with van der Waals surface area (Å²) >= 11 is 0. The van der Waals surface area contributed by atoms with E-state index in [9.17, 15) is 4.79 Å². The molecule has 2 aliphatic heterocycles. The molecule has 4 nitrogen and oxygen atoms in total. The minimum atomic E-state index is 0.243. The van der Waals surface area contributed by atoms with Crippen LogP contribution in [0.15, 0.2) is 24.5 Å². The molecule has 2 atom stereocenters. The molecule has 3 heterocycles. The Hall–Kier alpha value is -1.42. The number of hydrogen-bond acceptors (Lipinski definition) is 3. The highest BCUT2D eigenvalue weighted by atomic mass is 16.2. The molecule has 0 spiro atoms. The third-order valence-corrected chi connectivity index (χ3v) is 4.50. The van der Waals surface area contributed by atoms with Crippen molar-refractivity contribution in [2.45, 2.75) is 38.1 Å². The van der Waals surface area contributed by atoms with E-state index in [1.807, 2.05) is 12.3 Å². The Bertz CT molecular complexity index is 442. The fourth-order valence-electron chi connectivity index (χ4n) is 3.45. The average Bonchev–Trinajstić information content (AvgIpc) is 2.99. The first-order chi connectivity index (χ1) is 9.84. The quantitative estimate of drug-likeness (QED) is 0.917. The van der Waals surface area contributed by atoms with E-state index in [1.165, 1.54) is 18.4 Å². The van der Waals surface area contributed by atoms with Crippen LogP contribution in [-0.2, 0) is 4.79 Å². The SMILES string of the molecule is O=C(CC1CCCNC1)N1CCCC1c1cccnc1. The summed E-state index contributed by atoms with van der Waals surface area (Å²) in [6.07, 6.45) is 8.95. The molecule has 2 saturated heterocycles. The van der Waals surface area contributed by atoms with Gasteiger partial charge in [0, 0.05) is 25.4 Å². The van der Waals surface area contributed by atoms with Crippen molar-refractivity contribution in [2.75, 3.05) is 19.6 Å². The first kappa shape index (κ1) is 13.6. The molecule has 0 aliphatic carbocycles. The summed E-state index contributed by atoms with van der Waals surface area (Å²) in [6.45, 7) is 3.00. The molecule has 3 rings (SSSR count). The number of amides is 1. The number of pyridine rings is 1. The molecule has 108 valence electrons. The van der Waals surface area contributed by atoms with Crippen LogP contribution >= 0.6 is 0 Å². The molecule has 1 N–H and O–H groups in total. The van der Waals surface area contributed by atoms with Crippen molar-refractivity contribution in [3.8, 4) is 0 Å². The molecule has 1 aromatic rings. The molecule has 1 amide bonds. The molecule has 0 saturated carbocycles. The van der Waals surface area contributed by atoms with Crippen LogP contribution in [0.4, 0.5) is 0 Å². The standard InChI is InChI=1S/C16H23N3O/c20-16(10-13-4-1-7-17-11-13)19-9-3-6-15(19)14-5-2-8-18-12-14/h2,5,8,12-13,15,17H,1,3-4,6-7,9-11H2. The second-order valence-electron chi connectivity index (χ2n) is 5.95. The second-order valence-corrected chi connectivity index (χ2v) is 5.95. The highest BCUT2D eigenvalue weighted by molar-refractivity contribution is 5.77. The smallest absolute Gasteiger partial charge is 0.223 e. The number of rotatable bonds is 3. The van der Waals surface area contributed by atoms with Gasteiger partial charge >= 0.3 is 0 Å². The van der Waals surface area contributed by atoms with Gasteiger partial charge in [-0.1, -0.05) is 6.07 Å². The predicted octanol–water partition coefficient (Wildman–Crippen LogP) is 2.13. The molecule has 2 unspecified atom stereocenters. The van der Waals surface area contributed by atoms with Gasteiger partial charge in [0.25, 0.3) is 0 Å². The Morgan fingerprint density at radius 2 is 2.35 bits per heavy atom. The van der Waals surface area contributed by atoms with Crippen LogP contribution in [-0.4, -0.2) is 35.4 Å². The maximum Gasteiger partial charge on any atom is 0.223 e. The van der Waals surface area contributed by atoms with E-state index in [0.29, 0.717) is 18.2 Å². The largest absolute Gasteiger partial charge is 0.336 e. The fraction of sp³-hybridized carbons (Fsp3) is 0.625. The third kappa shape index (κ3) is 3.01. The highest BCUT2D eigenvalue weighted by Crippen LogP contribution is 2.32. The van der Waals surface area contributed by atoms with E-state index >= 15 is 0 Å². The normalized spacial score (nSPS) is 26.7. The lowest BCUT2D eigenvalue weighted by molar-refractivity contribution is -0.133. The lowest BCUT2D eigenvalue weighted by atomic mass is 9.95. The number of aromatic nitrogens is 1. The maximum absolute atomic E-state index is 12.6. The molecule has 2 fully saturated rings. The summed E-state index contributed by atoms with van der Waals surface area (Å²) in [5.74, 6) is 0.844. The summed E-state index contributed by atoms with van der Waals surface area (Å²) in [5.41, 5.74) is 1.18. The van der Waals surface area contributed by atoms with Crippen molar-refractivity contribution in [3.05, 3.63) is 30.1 Å². The summed E-state index contributed by atoms with van der Waals surface area (Å²) in [4.78, 5) is 18.8. The van der Waals surface area contributed by atoms with Gasteiger partial charge in [0.05, 0.1) is 6.04 Å². The number of nitrogens with zero attached hydrogens (tertiary/aromatic N) is 2. The van der Waals surface area contributed by atoms with Crippen LogP contribution in [0.3, 0.4) is 0 Å². The Labute approximate surface area is 120 Å². The van der Waals surface area contributed by atoms with Crippen LogP contribution < -0.4 is 5.32 Å². The lowest BCUT2D eigenvalue weighted by Crippen LogP contribution is -2.36. The van der Waals surface area contributed by atoms with Crippen LogP contribution in [0.5, 0.6) is 0 Å². The predicted molar refractivity (Wildman–Crippen MR) is 78.1 cm³/mol. The summed E-state index contributed by atoms with van der Waals surface area (Å²) in [7, 11) is 0. The Morgan fingerprint density at radius 3 is 3.10 bits per heavy atom. The topological polar surface area (TPSA) is 45.2 Å². The zero-order valence-corrected chi connectivity index (χ0v) is 11.9. The zero-order chi connectivity index (χ0) is 13.8. The first-order valence-electron chi connectivity index (χ1n) is 7.74. The van der Waals surface area contributed by atoms with Gasteiger partial charge < -0.3 is 10.2 Å². The number of hydrogen-bond donors (Lipinski definition) is 1. The van der Waals surface area contributed by atoms with Gasteiger partial charge in [0.1, 0.15) is 0 Å². The van der Waals surface area contributed by atoms with E-state index in [2.05, 4.69) is 21.3 Å². The second kappa shape index (κ2) is 6.35. The molecule has 0 aromatic carbocycles. The Morgan fingerprint density at radius 1 is 1.40 bits per heavy atom. The van der Waals surface area contributed by atoms with Gasteiger partial charge in [-0.05, 0) is 56.3 Å². The van der Waals surface area contributed by atoms with Gasteiger partial charge in [-0.25, -0.2) is 0 Å². The summed E-state index contributed by atoms with van der Waals surface area (Å²) < 4.78 is 0. The van der Waals surface area contributed by atoms with Gasteiger partial charge in [-0.2, -0.15) is 0 Å². The van der Waals surface area contributed by atoms with Gasteiger partial charge in [-0.3, -0.25) is 9.78 Å². The van der Waals surface area contributed by atoms with Crippen LogP contribution in [0.25, 0.3) is 0 Å². The average molecular weight is 273 g/mol. The zero-order valence-electron chi connectivity index (χ0n) is 11.9. The van der Waals surface area contributed by atoms with Gasteiger partial charge in [-0.15, -0.1) is 0 Å². The molecular formula is C16H23N3O. The maximum atomic E-state index is 12.6. The van der Waals surface area contributed by atoms with Crippen LogP contribution in [0.1, 0.15) is 43.7 Å². The van der Waals surface area contributed by atoms with Crippen LogP contribution in [0.2, 0.25) is 0 Å². The van der Waals surface area contributed by atoms with Crippen molar-refractivity contribution in [2.24, 2.45) is 5.92 Å².